The highest BCUT2D eigenvalue weighted by Crippen LogP contribution is 2.23. The molecule has 11 heteroatoms. The van der Waals surface area contributed by atoms with Crippen LogP contribution in [0.25, 0.3) is 0 Å². The SMILES string of the molecule is CN1CCN(S(=O)(=O)c2cccc(NC(=O)C3(N)CCOCC3)c2)CC1.Cl.Cl. The standard InChI is InChI=1S/C17H26N4O4S.2ClH/c1-20-7-9-21(10-8-20)26(23,24)15-4-2-3-14(13-15)19-16(22)17(18)5-11-25-12-6-17;;/h2-4,13H,5-12,18H2,1H3,(H,19,22);2*1H. The molecule has 1 aromatic rings. The van der Waals surface area contributed by atoms with Crippen LogP contribution < -0.4 is 11.1 Å². The molecule has 0 spiro atoms. The summed E-state index contributed by atoms with van der Waals surface area (Å²) in [5.41, 5.74) is 5.63. The van der Waals surface area contributed by atoms with E-state index in [-0.39, 0.29) is 35.6 Å². The lowest BCUT2D eigenvalue weighted by atomic mass is 9.90. The molecule has 0 aliphatic carbocycles. The maximum atomic E-state index is 12.9. The number of halogens is 2. The Hall–Kier alpha value is -0.940. The molecule has 8 nitrogen and oxygen atoms in total. The molecule has 0 atom stereocenters. The van der Waals surface area contributed by atoms with Crippen LogP contribution in [0.4, 0.5) is 5.69 Å². The molecule has 0 unspecified atom stereocenters. The Morgan fingerprint density at radius 1 is 1.14 bits per heavy atom. The Kier molecular flexibility index (Phi) is 9.14. The van der Waals surface area contributed by atoms with Crippen LogP contribution >= 0.6 is 24.8 Å². The summed E-state index contributed by atoms with van der Waals surface area (Å²) in [7, 11) is -1.61. The van der Waals surface area contributed by atoms with Crippen LogP contribution in [0.15, 0.2) is 29.2 Å². The number of sulfonamides is 1. The smallest absolute Gasteiger partial charge is 0.244 e. The van der Waals surface area contributed by atoms with Crippen LogP contribution in [0.3, 0.4) is 0 Å². The fourth-order valence-corrected chi connectivity index (χ4v) is 4.60. The van der Waals surface area contributed by atoms with Gasteiger partial charge in [-0.25, -0.2) is 8.42 Å². The molecule has 2 fully saturated rings. The third kappa shape index (κ3) is 5.56. The maximum Gasteiger partial charge on any atom is 0.244 e. The van der Waals surface area contributed by atoms with Crippen molar-refractivity contribution in [1.82, 2.24) is 9.21 Å². The zero-order chi connectivity index (χ0) is 18.8. The van der Waals surface area contributed by atoms with Gasteiger partial charge >= 0.3 is 0 Å². The van der Waals surface area contributed by atoms with Gasteiger partial charge in [0.05, 0.1) is 4.90 Å². The normalized spacial score (nSPS) is 20.5. The van der Waals surface area contributed by atoms with Gasteiger partial charge in [-0.1, -0.05) is 6.07 Å². The Bertz CT molecular complexity index is 764. The molecule has 3 N–H and O–H groups in total. The molecule has 2 aliphatic heterocycles. The van der Waals surface area contributed by atoms with Crippen molar-refractivity contribution in [2.45, 2.75) is 23.3 Å². The number of rotatable bonds is 4. The number of benzene rings is 1. The van der Waals surface area contributed by atoms with Crippen LogP contribution in [0.5, 0.6) is 0 Å². The summed E-state index contributed by atoms with van der Waals surface area (Å²) in [4.78, 5) is 14.8. The second-order valence-electron chi connectivity index (χ2n) is 6.96. The summed E-state index contributed by atoms with van der Waals surface area (Å²) in [6.45, 7) is 3.22. The van der Waals surface area contributed by atoms with Gasteiger partial charge in [-0.2, -0.15) is 4.31 Å². The lowest BCUT2D eigenvalue weighted by Gasteiger charge is -2.32. The minimum atomic E-state index is -3.58. The van der Waals surface area contributed by atoms with E-state index < -0.39 is 15.6 Å². The van der Waals surface area contributed by atoms with Crippen molar-refractivity contribution in [1.29, 1.82) is 0 Å². The second-order valence-corrected chi connectivity index (χ2v) is 8.90. The van der Waals surface area contributed by atoms with Gasteiger partial charge in [-0.15, -0.1) is 24.8 Å². The van der Waals surface area contributed by atoms with Gasteiger partial charge in [-0.3, -0.25) is 4.79 Å². The molecule has 0 aromatic heterocycles. The number of hydrogen-bond acceptors (Lipinski definition) is 6. The van der Waals surface area contributed by atoms with Gasteiger partial charge in [0.15, 0.2) is 0 Å². The summed E-state index contributed by atoms with van der Waals surface area (Å²) < 4.78 is 32.4. The first kappa shape index (κ1) is 25.1. The Labute approximate surface area is 178 Å². The molecule has 28 heavy (non-hydrogen) atoms. The molecule has 2 heterocycles. The average molecular weight is 455 g/mol. The molecule has 3 rings (SSSR count). The highest BCUT2D eigenvalue weighted by molar-refractivity contribution is 7.89. The predicted molar refractivity (Wildman–Crippen MR) is 113 cm³/mol. The monoisotopic (exact) mass is 454 g/mol. The van der Waals surface area contributed by atoms with E-state index in [2.05, 4.69) is 10.2 Å². The van der Waals surface area contributed by atoms with E-state index in [1.54, 1.807) is 18.2 Å². The fraction of sp³-hybridized carbons (Fsp3) is 0.588. The highest BCUT2D eigenvalue weighted by Gasteiger charge is 2.36. The summed E-state index contributed by atoms with van der Waals surface area (Å²) in [5, 5.41) is 2.76. The van der Waals surface area contributed by atoms with Crippen molar-refractivity contribution in [3.05, 3.63) is 24.3 Å². The number of ether oxygens (including phenoxy) is 1. The molecule has 1 amide bonds. The van der Waals surface area contributed by atoms with E-state index in [0.717, 1.165) is 0 Å². The van der Waals surface area contributed by atoms with Crippen molar-refractivity contribution in [2.24, 2.45) is 5.73 Å². The molecule has 0 saturated carbocycles. The summed E-state index contributed by atoms with van der Waals surface area (Å²) >= 11 is 0. The van der Waals surface area contributed by atoms with E-state index in [0.29, 0.717) is 57.9 Å². The van der Waals surface area contributed by atoms with E-state index in [9.17, 15) is 13.2 Å². The van der Waals surface area contributed by atoms with Crippen LogP contribution in [0, 0.1) is 0 Å². The number of nitrogens with zero attached hydrogens (tertiary/aromatic N) is 2. The third-order valence-electron chi connectivity index (χ3n) is 5.03. The molecule has 0 radical (unpaired) electrons. The highest BCUT2D eigenvalue weighted by atomic mass is 35.5. The largest absolute Gasteiger partial charge is 0.381 e. The van der Waals surface area contributed by atoms with Crippen molar-refractivity contribution >= 4 is 46.4 Å². The van der Waals surface area contributed by atoms with Crippen LogP contribution in [0.1, 0.15) is 12.8 Å². The Morgan fingerprint density at radius 3 is 2.36 bits per heavy atom. The van der Waals surface area contributed by atoms with Gasteiger partial charge in [0.1, 0.15) is 5.54 Å². The number of piperazine rings is 1. The average Bonchev–Trinajstić information content (AvgIpc) is 2.63. The summed E-state index contributed by atoms with van der Waals surface area (Å²) in [6, 6.07) is 6.35. The molecule has 1 aromatic carbocycles. The maximum absolute atomic E-state index is 12.9. The fourth-order valence-electron chi connectivity index (χ4n) is 3.13. The quantitative estimate of drug-likeness (QED) is 0.700. The first-order valence-electron chi connectivity index (χ1n) is 8.78. The zero-order valence-electron chi connectivity index (χ0n) is 15.8. The minimum absolute atomic E-state index is 0. The van der Waals surface area contributed by atoms with Gasteiger partial charge in [0.25, 0.3) is 0 Å². The van der Waals surface area contributed by atoms with E-state index in [4.69, 9.17) is 10.5 Å². The summed E-state index contributed by atoms with van der Waals surface area (Å²) in [5.74, 6) is -0.310. The topological polar surface area (TPSA) is 105 Å². The Balaban J connectivity index is 0.00000196. The minimum Gasteiger partial charge on any atom is -0.381 e. The predicted octanol–water partition coefficient (Wildman–Crippen LogP) is 0.913. The van der Waals surface area contributed by atoms with Gasteiger partial charge in [0, 0.05) is 45.1 Å². The molecule has 160 valence electrons. The molecule has 2 aliphatic rings. The molecule has 2 saturated heterocycles. The van der Waals surface area contributed by atoms with E-state index in [1.807, 2.05) is 7.05 Å². The molecular formula is C17H28Cl2N4O4S. The van der Waals surface area contributed by atoms with E-state index >= 15 is 0 Å². The molecule has 0 bridgehead atoms. The van der Waals surface area contributed by atoms with Crippen molar-refractivity contribution in [2.75, 3.05) is 51.8 Å². The van der Waals surface area contributed by atoms with Crippen LogP contribution in [0.2, 0.25) is 0 Å². The number of amides is 1. The lowest BCUT2D eigenvalue weighted by Crippen LogP contribution is -2.54. The lowest BCUT2D eigenvalue weighted by molar-refractivity contribution is -0.124. The van der Waals surface area contributed by atoms with Crippen molar-refractivity contribution < 1.29 is 17.9 Å². The van der Waals surface area contributed by atoms with Gasteiger partial charge in [-0.05, 0) is 38.1 Å². The first-order valence-corrected chi connectivity index (χ1v) is 10.2. The molecular weight excluding hydrogens is 427 g/mol. The van der Waals surface area contributed by atoms with E-state index in [1.165, 1.54) is 10.4 Å². The van der Waals surface area contributed by atoms with Crippen molar-refractivity contribution in [3.8, 4) is 0 Å². The van der Waals surface area contributed by atoms with Gasteiger partial charge < -0.3 is 20.7 Å². The number of carbonyl (C=O) groups is 1. The van der Waals surface area contributed by atoms with Crippen LogP contribution in [-0.4, -0.2) is 75.5 Å². The van der Waals surface area contributed by atoms with Gasteiger partial charge in [0.2, 0.25) is 15.9 Å². The van der Waals surface area contributed by atoms with Crippen LogP contribution in [-0.2, 0) is 19.6 Å². The Morgan fingerprint density at radius 2 is 1.75 bits per heavy atom. The number of nitrogens with one attached hydrogen (secondary N) is 1. The second kappa shape index (κ2) is 10.2. The first-order chi connectivity index (χ1) is 12.3. The third-order valence-corrected chi connectivity index (χ3v) is 6.92. The zero-order valence-corrected chi connectivity index (χ0v) is 18.2. The number of nitrogens with two attached hydrogens (primary N) is 1. The summed E-state index contributed by atoms with van der Waals surface area (Å²) in [6.07, 6.45) is 0.885. The number of carbonyl (C=O) groups excluding carboxylic acids is 1. The van der Waals surface area contributed by atoms with Crippen molar-refractivity contribution in [3.63, 3.8) is 0 Å². The number of anilines is 1. The number of hydrogen-bond donors (Lipinski definition) is 2. The number of likely N-dealkylation sites (N-methyl/N-ethyl adjacent to an activating group) is 1.